The number of ether oxygens (including phenoxy) is 1. The summed E-state index contributed by atoms with van der Waals surface area (Å²) in [6, 6.07) is 7.37. The van der Waals surface area contributed by atoms with Gasteiger partial charge in [-0.05, 0) is 39.7 Å². The SMILES string of the molecule is Cc1ccc(Oc2cnn(C(C)C)c2)c(CNC2CC2)c1. The van der Waals surface area contributed by atoms with Crippen molar-refractivity contribution in [1.82, 2.24) is 15.1 Å². The van der Waals surface area contributed by atoms with Crippen LogP contribution in [0.15, 0.2) is 30.6 Å². The number of nitrogens with zero attached hydrogens (tertiary/aromatic N) is 2. The molecule has 21 heavy (non-hydrogen) atoms. The number of aryl methyl sites for hydroxylation is 1. The summed E-state index contributed by atoms with van der Waals surface area (Å²) in [5.41, 5.74) is 2.46. The lowest BCUT2D eigenvalue weighted by atomic mass is 10.1. The Hall–Kier alpha value is -1.81. The highest BCUT2D eigenvalue weighted by atomic mass is 16.5. The van der Waals surface area contributed by atoms with Crippen molar-refractivity contribution >= 4 is 0 Å². The molecule has 0 bridgehead atoms. The topological polar surface area (TPSA) is 39.1 Å². The lowest BCUT2D eigenvalue weighted by Crippen LogP contribution is -2.15. The fourth-order valence-electron chi connectivity index (χ4n) is 2.27. The maximum atomic E-state index is 6.02. The van der Waals surface area contributed by atoms with E-state index in [0.29, 0.717) is 12.1 Å². The summed E-state index contributed by atoms with van der Waals surface area (Å²) >= 11 is 0. The standard InChI is InChI=1S/C17H23N3O/c1-12(2)20-11-16(10-19-20)21-17-7-4-13(3)8-14(17)9-18-15-5-6-15/h4,7-8,10-12,15,18H,5-6,9H2,1-3H3. The minimum absolute atomic E-state index is 0.344. The maximum Gasteiger partial charge on any atom is 0.165 e. The highest BCUT2D eigenvalue weighted by Gasteiger charge is 2.20. The zero-order valence-corrected chi connectivity index (χ0v) is 13.0. The molecule has 3 rings (SSSR count). The average Bonchev–Trinajstić information content (AvgIpc) is 3.16. The van der Waals surface area contributed by atoms with Crippen molar-refractivity contribution in [2.75, 3.05) is 0 Å². The Balaban J connectivity index is 1.75. The third-order valence-electron chi connectivity index (χ3n) is 3.71. The van der Waals surface area contributed by atoms with Crippen molar-refractivity contribution in [1.29, 1.82) is 0 Å². The molecule has 4 nitrogen and oxygen atoms in total. The van der Waals surface area contributed by atoms with E-state index in [0.717, 1.165) is 18.0 Å². The molecule has 1 aliphatic rings. The summed E-state index contributed by atoms with van der Waals surface area (Å²) in [5.74, 6) is 1.71. The number of aromatic nitrogens is 2. The molecule has 1 aliphatic carbocycles. The smallest absolute Gasteiger partial charge is 0.165 e. The van der Waals surface area contributed by atoms with Crippen molar-refractivity contribution in [3.05, 3.63) is 41.7 Å². The largest absolute Gasteiger partial charge is 0.454 e. The second-order valence-electron chi connectivity index (χ2n) is 6.12. The monoisotopic (exact) mass is 285 g/mol. The molecule has 0 amide bonds. The summed E-state index contributed by atoms with van der Waals surface area (Å²) in [4.78, 5) is 0. The van der Waals surface area contributed by atoms with E-state index < -0.39 is 0 Å². The first kappa shape index (κ1) is 14.1. The number of hydrogen-bond donors (Lipinski definition) is 1. The molecule has 1 aromatic heterocycles. The highest BCUT2D eigenvalue weighted by Crippen LogP contribution is 2.28. The minimum Gasteiger partial charge on any atom is -0.454 e. The van der Waals surface area contributed by atoms with Crippen molar-refractivity contribution in [3.8, 4) is 11.5 Å². The molecule has 1 heterocycles. The summed E-state index contributed by atoms with van der Waals surface area (Å²) in [7, 11) is 0. The van der Waals surface area contributed by atoms with Crippen molar-refractivity contribution in [3.63, 3.8) is 0 Å². The molecule has 1 aromatic carbocycles. The van der Waals surface area contributed by atoms with E-state index in [1.54, 1.807) is 6.20 Å². The number of benzene rings is 1. The molecule has 0 atom stereocenters. The van der Waals surface area contributed by atoms with E-state index in [9.17, 15) is 0 Å². The van der Waals surface area contributed by atoms with E-state index in [4.69, 9.17) is 4.74 Å². The Labute approximate surface area is 126 Å². The normalized spacial score (nSPS) is 14.7. The Morgan fingerprint density at radius 1 is 1.38 bits per heavy atom. The van der Waals surface area contributed by atoms with Gasteiger partial charge in [-0.15, -0.1) is 0 Å². The Bertz CT molecular complexity index is 614. The second kappa shape index (κ2) is 5.90. The van der Waals surface area contributed by atoms with Crippen LogP contribution in [-0.4, -0.2) is 15.8 Å². The summed E-state index contributed by atoms with van der Waals surface area (Å²) in [5, 5.41) is 7.87. The maximum absolute atomic E-state index is 6.02. The molecule has 4 heteroatoms. The van der Waals surface area contributed by atoms with Crippen LogP contribution < -0.4 is 10.1 Å². The quantitative estimate of drug-likeness (QED) is 0.877. The van der Waals surface area contributed by atoms with E-state index in [1.165, 1.54) is 24.0 Å². The van der Waals surface area contributed by atoms with Crippen molar-refractivity contribution in [2.45, 2.75) is 52.2 Å². The van der Waals surface area contributed by atoms with Gasteiger partial charge in [-0.25, -0.2) is 0 Å². The predicted octanol–water partition coefficient (Wildman–Crippen LogP) is 3.82. The van der Waals surface area contributed by atoms with Gasteiger partial charge in [0.25, 0.3) is 0 Å². The Morgan fingerprint density at radius 3 is 2.86 bits per heavy atom. The first-order valence-corrected chi connectivity index (χ1v) is 7.67. The van der Waals surface area contributed by atoms with Crippen LogP contribution in [0.3, 0.4) is 0 Å². The lowest BCUT2D eigenvalue weighted by Gasteiger charge is -2.11. The molecule has 112 valence electrons. The number of nitrogens with one attached hydrogen (secondary N) is 1. The Morgan fingerprint density at radius 2 is 2.19 bits per heavy atom. The first-order valence-electron chi connectivity index (χ1n) is 7.67. The van der Waals surface area contributed by atoms with E-state index in [-0.39, 0.29) is 0 Å². The predicted molar refractivity (Wildman–Crippen MR) is 83.7 cm³/mol. The van der Waals surface area contributed by atoms with Crippen LogP contribution in [0.2, 0.25) is 0 Å². The van der Waals surface area contributed by atoms with Gasteiger partial charge >= 0.3 is 0 Å². The number of rotatable bonds is 6. The fourth-order valence-corrected chi connectivity index (χ4v) is 2.27. The molecular formula is C17H23N3O. The molecule has 0 aliphatic heterocycles. The van der Waals surface area contributed by atoms with Crippen LogP contribution in [0.1, 0.15) is 43.9 Å². The zero-order valence-electron chi connectivity index (χ0n) is 13.0. The molecule has 1 saturated carbocycles. The molecule has 1 fully saturated rings. The van der Waals surface area contributed by atoms with Gasteiger partial charge in [0.2, 0.25) is 0 Å². The van der Waals surface area contributed by atoms with Gasteiger partial charge in [0.15, 0.2) is 5.75 Å². The molecule has 0 unspecified atom stereocenters. The third-order valence-corrected chi connectivity index (χ3v) is 3.71. The van der Waals surface area contributed by atoms with Crippen molar-refractivity contribution < 1.29 is 4.74 Å². The first-order chi connectivity index (χ1) is 10.1. The summed E-state index contributed by atoms with van der Waals surface area (Å²) in [6.45, 7) is 7.18. The minimum atomic E-state index is 0.344. The van der Waals surface area contributed by atoms with Gasteiger partial charge in [-0.2, -0.15) is 5.10 Å². The van der Waals surface area contributed by atoms with Crippen LogP contribution >= 0.6 is 0 Å². The van der Waals surface area contributed by atoms with E-state index >= 15 is 0 Å². The van der Waals surface area contributed by atoms with Gasteiger partial charge < -0.3 is 10.1 Å². The van der Waals surface area contributed by atoms with Gasteiger partial charge in [0.1, 0.15) is 5.75 Å². The van der Waals surface area contributed by atoms with Crippen LogP contribution in [0, 0.1) is 6.92 Å². The highest BCUT2D eigenvalue weighted by molar-refractivity contribution is 5.39. The molecule has 0 saturated heterocycles. The summed E-state index contributed by atoms with van der Waals surface area (Å²) in [6.07, 6.45) is 6.31. The second-order valence-corrected chi connectivity index (χ2v) is 6.12. The van der Waals surface area contributed by atoms with Crippen LogP contribution in [0.5, 0.6) is 11.5 Å². The summed E-state index contributed by atoms with van der Waals surface area (Å²) < 4.78 is 7.93. The lowest BCUT2D eigenvalue weighted by molar-refractivity contribution is 0.468. The van der Waals surface area contributed by atoms with Crippen molar-refractivity contribution in [2.24, 2.45) is 0 Å². The molecule has 0 radical (unpaired) electrons. The molecule has 2 aromatic rings. The third kappa shape index (κ3) is 3.64. The Kier molecular flexibility index (Phi) is 3.97. The van der Waals surface area contributed by atoms with Gasteiger partial charge in [-0.3, -0.25) is 4.68 Å². The van der Waals surface area contributed by atoms with Crippen LogP contribution in [0.4, 0.5) is 0 Å². The van der Waals surface area contributed by atoms with Gasteiger partial charge in [-0.1, -0.05) is 17.7 Å². The van der Waals surface area contributed by atoms with Crippen LogP contribution in [-0.2, 0) is 6.54 Å². The van der Waals surface area contributed by atoms with Gasteiger partial charge in [0, 0.05) is 24.2 Å². The molecule has 0 spiro atoms. The molecule has 1 N–H and O–H groups in total. The van der Waals surface area contributed by atoms with E-state index in [2.05, 4.69) is 43.3 Å². The van der Waals surface area contributed by atoms with Gasteiger partial charge in [0.05, 0.1) is 12.4 Å². The number of hydrogen-bond acceptors (Lipinski definition) is 3. The van der Waals surface area contributed by atoms with E-state index in [1.807, 2.05) is 16.9 Å². The molecular weight excluding hydrogens is 262 g/mol. The average molecular weight is 285 g/mol. The zero-order chi connectivity index (χ0) is 14.8. The fraction of sp³-hybridized carbons (Fsp3) is 0.471. The van der Waals surface area contributed by atoms with Crippen LogP contribution in [0.25, 0.3) is 0 Å².